The van der Waals surface area contributed by atoms with E-state index in [2.05, 4.69) is 33.8 Å². The van der Waals surface area contributed by atoms with Crippen LogP contribution < -0.4 is 0 Å². The number of rotatable bonds is 3. The van der Waals surface area contributed by atoms with Gasteiger partial charge in [-0.1, -0.05) is 46.6 Å². The fourth-order valence-electron chi connectivity index (χ4n) is 4.37. The summed E-state index contributed by atoms with van der Waals surface area (Å²) in [5, 5.41) is 0. The third-order valence-corrected chi connectivity index (χ3v) is 6.57. The molecule has 1 heteroatoms. The highest BCUT2D eigenvalue weighted by molar-refractivity contribution is 5.22. The van der Waals surface area contributed by atoms with E-state index in [4.69, 9.17) is 0 Å². The summed E-state index contributed by atoms with van der Waals surface area (Å²) in [6.45, 7) is 9.56. The van der Waals surface area contributed by atoms with Crippen LogP contribution in [0.5, 0.6) is 0 Å². The van der Waals surface area contributed by atoms with Crippen LogP contribution in [-0.4, -0.2) is 0 Å². The van der Waals surface area contributed by atoms with E-state index in [9.17, 15) is 4.39 Å². The zero-order chi connectivity index (χ0) is 14.5. The molecule has 2 unspecified atom stereocenters. The summed E-state index contributed by atoms with van der Waals surface area (Å²) in [4.78, 5) is 0. The summed E-state index contributed by atoms with van der Waals surface area (Å²) in [7, 11) is 0. The Morgan fingerprint density at radius 1 is 1.10 bits per heavy atom. The van der Waals surface area contributed by atoms with Crippen molar-refractivity contribution >= 4 is 0 Å². The van der Waals surface area contributed by atoms with Gasteiger partial charge in [0.15, 0.2) is 0 Å². The third-order valence-electron chi connectivity index (χ3n) is 6.57. The Bertz CT molecular complexity index is 421. The predicted octanol–water partition coefficient (Wildman–Crippen LogP) is 5.90. The molecule has 0 aromatic carbocycles. The van der Waals surface area contributed by atoms with Crippen molar-refractivity contribution in [2.24, 2.45) is 34.5 Å². The second-order valence-corrected chi connectivity index (χ2v) is 8.77. The molecule has 0 aliphatic heterocycles. The lowest BCUT2D eigenvalue weighted by Gasteiger charge is -2.34. The SMILES string of the molecule is CC1(C)CC(C2C=C(F)C=CC2CC2CC2)CC1(C)C. The molecule has 3 aliphatic rings. The number of halogens is 1. The van der Waals surface area contributed by atoms with Crippen LogP contribution in [-0.2, 0) is 0 Å². The Hall–Kier alpha value is -0.590. The Morgan fingerprint density at radius 3 is 2.25 bits per heavy atom. The summed E-state index contributed by atoms with van der Waals surface area (Å²) in [5.74, 6) is 2.58. The molecule has 0 saturated heterocycles. The second-order valence-electron chi connectivity index (χ2n) is 8.77. The Balaban J connectivity index is 1.78. The molecule has 112 valence electrons. The van der Waals surface area contributed by atoms with E-state index in [1.807, 2.05) is 6.08 Å². The highest BCUT2D eigenvalue weighted by Crippen LogP contribution is 2.58. The van der Waals surface area contributed by atoms with Crippen LogP contribution in [0.15, 0.2) is 24.1 Å². The molecular weight excluding hydrogens is 247 g/mol. The average molecular weight is 276 g/mol. The van der Waals surface area contributed by atoms with Crippen LogP contribution in [0.2, 0.25) is 0 Å². The van der Waals surface area contributed by atoms with Gasteiger partial charge in [-0.3, -0.25) is 0 Å². The smallest absolute Gasteiger partial charge is 0.119 e. The second kappa shape index (κ2) is 4.71. The van der Waals surface area contributed by atoms with Gasteiger partial charge in [0.2, 0.25) is 0 Å². The van der Waals surface area contributed by atoms with Crippen LogP contribution in [0.4, 0.5) is 4.39 Å². The number of allylic oxidation sites excluding steroid dienone is 4. The van der Waals surface area contributed by atoms with E-state index >= 15 is 0 Å². The lowest BCUT2D eigenvalue weighted by molar-refractivity contribution is 0.157. The van der Waals surface area contributed by atoms with Crippen molar-refractivity contribution in [3.63, 3.8) is 0 Å². The monoisotopic (exact) mass is 276 g/mol. The van der Waals surface area contributed by atoms with Crippen molar-refractivity contribution in [3.8, 4) is 0 Å². The summed E-state index contributed by atoms with van der Waals surface area (Å²) in [6.07, 6.45) is 12.4. The van der Waals surface area contributed by atoms with Gasteiger partial charge >= 0.3 is 0 Å². The molecular formula is C19H29F. The van der Waals surface area contributed by atoms with Crippen molar-refractivity contribution in [1.29, 1.82) is 0 Å². The minimum absolute atomic E-state index is 0.00967. The molecule has 0 aromatic heterocycles. The summed E-state index contributed by atoms with van der Waals surface area (Å²) >= 11 is 0. The molecule has 0 nitrogen and oxygen atoms in total. The van der Waals surface area contributed by atoms with Gasteiger partial charge in [-0.05, 0) is 65.9 Å². The van der Waals surface area contributed by atoms with Crippen molar-refractivity contribution in [1.82, 2.24) is 0 Å². The maximum atomic E-state index is 13.8. The van der Waals surface area contributed by atoms with Crippen LogP contribution in [0, 0.1) is 34.5 Å². The van der Waals surface area contributed by atoms with E-state index in [0.29, 0.717) is 28.6 Å². The molecule has 2 atom stereocenters. The predicted molar refractivity (Wildman–Crippen MR) is 82.9 cm³/mol. The van der Waals surface area contributed by atoms with Crippen molar-refractivity contribution < 1.29 is 4.39 Å². The van der Waals surface area contributed by atoms with E-state index in [-0.39, 0.29) is 5.83 Å². The van der Waals surface area contributed by atoms with Crippen LogP contribution in [0.25, 0.3) is 0 Å². The Labute approximate surface area is 123 Å². The van der Waals surface area contributed by atoms with Gasteiger partial charge in [0.05, 0.1) is 0 Å². The van der Waals surface area contributed by atoms with Gasteiger partial charge < -0.3 is 0 Å². The van der Waals surface area contributed by atoms with Crippen LogP contribution in [0.3, 0.4) is 0 Å². The van der Waals surface area contributed by atoms with Gasteiger partial charge in [0.1, 0.15) is 5.83 Å². The minimum Gasteiger partial charge on any atom is -0.207 e. The highest BCUT2D eigenvalue weighted by Gasteiger charge is 2.49. The zero-order valence-corrected chi connectivity index (χ0v) is 13.5. The lowest BCUT2D eigenvalue weighted by atomic mass is 9.71. The molecule has 2 saturated carbocycles. The fraction of sp³-hybridized carbons (Fsp3) is 0.789. The van der Waals surface area contributed by atoms with E-state index in [1.54, 1.807) is 6.08 Å². The van der Waals surface area contributed by atoms with Gasteiger partial charge in [-0.25, -0.2) is 4.39 Å². The maximum Gasteiger partial charge on any atom is 0.119 e. The third kappa shape index (κ3) is 2.61. The Morgan fingerprint density at radius 2 is 1.70 bits per heavy atom. The van der Waals surface area contributed by atoms with Gasteiger partial charge in [0, 0.05) is 0 Å². The molecule has 0 heterocycles. The first-order valence-corrected chi connectivity index (χ1v) is 8.34. The van der Waals surface area contributed by atoms with E-state index in [0.717, 1.165) is 5.92 Å². The lowest BCUT2D eigenvalue weighted by Crippen LogP contribution is -2.25. The molecule has 0 amide bonds. The first-order chi connectivity index (χ1) is 9.28. The van der Waals surface area contributed by atoms with Gasteiger partial charge in [-0.2, -0.15) is 0 Å². The van der Waals surface area contributed by atoms with Gasteiger partial charge in [-0.15, -0.1) is 0 Å². The fourth-order valence-corrected chi connectivity index (χ4v) is 4.37. The van der Waals surface area contributed by atoms with E-state index in [1.165, 1.54) is 32.1 Å². The molecule has 2 fully saturated rings. The number of hydrogen-bond donors (Lipinski definition) is 0. The van der Waals surface area contributed by atoms with Crippen LogP contribution in [0.1, 0.15) is 59.8 Å². The first-order valence-electron chi connectivity index (χ1n) is 8.34. The molecule has 0 radical (unpaired) electrons. The first kappa shape index (κ1) is 14.4. The van der Waals surface area contributed by atoms with Crippen molar-refractivity contribution in [2.75, 3.05) is 0 Å². The quantitative estimate of drug-likeness (QED) is 0.601. The van der Waals surface area contributed by atoms with Gasteiger partial charge in [0.25, 0.3) is 0 Å². The molecule has 3 rings (SSSR count). The molecule has 0 bridgehead atoms. The molecule has 0 aromatic rings. The molecule has 20 heavy (non-hydrogen) atoms. The summed E-state index contributed by atoms with van der Waals surface area (Å²) in [6, 6.07) is 0. The maximum absolute atomic E-state index is 13.8. The summed E-state index contributed by atoms with van der Waals surface area (Å²) in [5.41, 5.74) is 0.737. The minimum atomic E-state index is -0.00967. The Kier molecular flexibility index (Phi) is 3.38. The highest BCUT2D eigenvalue weighted by atomic mass is 19.1. The van der Waals surface area contributed by atoms with Crippen molar-refractivity contribution in [2.45, 2.75) is 59.8 Å². The standard InChI is InChI=1S/C19H29F/c1-18(2)11-15(12-19(18,3)4)17-10-16(20)8-7-14(17)9-13-5-6-13/h7-8,10,13-15,17H,5-6,9,11-12H2,1-4H3. The number of hydrogen-bond acceptors (Lipinski definition) is 0. The molecule has 0 N–H and O–H groups in total. The molecule has 3 aliphatic carbocycles. The zero-order valence-electron chi connectivity index (χ0n) is 13.5. The normalized spacial score (nSPS) is 36.1. The van der Waals surface area contributed by atoms with Crippen LogP contribution >= 0.6 is 0 Å². The van der Waals surface area contributed by atoms with E-state index < -0.39 is 0 Å². The van der Waals surface area contributed by atoms with Crippen molar-refractivity contribution in [3.05, 3.63) is 24.1 Å². The molecule has 0 spiro atoms. The largest absolute Gasteiger partial charge is 0.207 e. The average Bonchev–Trinajstić information content (AvgIpc) is 3.10. The summed E-state index contributed by atoms with van der Waals surface area (Å²) < 4.78 is 13.8. The topological polar surface area (TPSA) is 0 Å².